The zero-order valence-corrected chi connectivity index (χ0v) is 12.8. The monoisotopic (exact) mass is 324 g/mol. The summed E-state index contributed by atoms with van der Waals surface area (Å²) in [6.45, 7) is 4.36. The summed E-state index contributed by atoms with van der Waals surface area (Å²) in [5, 5.41) is 0. The third-order valence-corrected chi connectivity index (χ3v) is 5.08. The molecule has 104 valence electrons. The van der Waals surface area contributed by atoms with Crippen molar-refractivity contribution in [2.75, 3.05) is 37.7 Å². The van der Waals surface area contributed by atoms with Crippen LogP contribution in [-0.4, -0.2) is 32.8 Å². The van der Waals surface area contributed by atoms with E-state index in [2.05, 4.69) is 39.0 Å². The molecule has 19 heavy (non-hydrogen) atoms. The maximum atomic E-state index is 6.09. The highest BCUT2D eigenvalue weighted by Gasteiger charge is 2.39. The van der Waals surface area contributed by atoms with E-state index in [1.54, 1.807) is 0 Å². The highest BCUT2D eigenvalue weighted by atomic mass is 79.9. The zero-order chi connectivity index (χ0) is 13.3. The van der Waals surface area contributed by atoms with Crippen molar-refractivity contribution in [2.24, 2.45) is 5.73 Å². The summed E-state index contributed by atoms with van der Waals surface area (Å²) in [6.07, 6.45) is 3.74. The Labute approximate surface area is 123 Å². The van der Waals surface area contributed by atoms with Crippen molar-refractivity contribution in [3.05, 3.63) is 28.2 Å². The van der Waals surface area contributed by atoms with Crippen LogP contribution in [0.15, 0.2) is 22.7 Å². The van der Waals surface area contributed by atoms with Gasteiger partial charge >= 0.3 is 0 Å². The van der Waals surface area contributed by atoms with Gasteiger partial charge in [-0.1, -0.05) is 22.4 Å². The first-order valence-electron chi connectivity index (χ1n) is 7.08. The predicted octanol–water partition coefficient (Wildman–Crippen LogP) is 2.67. The van der Waals surface area contributed by atoms with Gasteiger partial charge < -0.3 is 15.4 Å². The van der Waals surface area contributed by atoms with E-state index in [4.69, 9.17) is 10.5 Å². The van der Waals surface area contributed by atoms with Gasteiger partial charge in [-0.05, 0) is 36.6 Å². The molecule has 3 rings (SSSR count). The summed E-state index contributed by atoms with van der Waals surface area (Å²) in [4.78, 5) is 2.45. The van der Waals surface area contributed by atoms with Crippen molar-refractivity contribution < 1.29 is 4.74 Å². The van der Waals surface area contributed by atoms with E-state index in [1.807, 2.05) is 0 Å². The minimum absolute atomic E-state index is 0.206. The molecule has 0 unspecified atom stereocenters. The summed E-state index contributed by atoms with van der Waals surface area (Å²) in [6, 6.07) is 6.65. The van der Waals surface area contributed by atoms with Crippen molar-refractivity contribution >= 4 is 21.6 Å². The van der Waals surface area contributed by atoms with Gasteiger partial charge in [0.05, 0.1) is 13.2 Å². The fraction of sp³-hybridized carbons (Fsp3) is 0.600. The molecule has 1 saturated carbocycles. The van der Waals surface area contributed by atoms with Crippen LogP contribution in [0.4, 0.5) is 5.69 Å². The van der Waals surface area contributed by atoms with Crippen molar-refractivity contribution in [1.29, 1.82) is 0 Å². The average Bonchev–Trinajstić information content (AvgIpc) is 2.39. The third kappa shape index (κ3) is 2.41. The Morgan fingerprint density at radius 1 is 1.26 bits per heavy atom. The van der Waals surface area contributed by atoms with Gasteiger partial charge in [0, 0.05) is 35.2 Å². The molecule has 0 radical (unpaired) electrons. The van der Waals surface area contributed by atoms with Gasteiger partial charge in [-0.3, -0.25) is 0 Å². The standard InChI is InChI=1S/C15H21BrN2O/c16-12-2-3-14(18-6-8-19-9-7-18)13(10-12)15(11-17)4-1-5-15/h2-3,10H,1,4-9,11,17H2. The summed E-state index contributed by atoms with van der Waals surface area (Å²) in [7, 11) is 0. The van der Waals surface area contributed by atoms with Crippen molar-refractivity contribution in [3.63, 3.8) is 0 Å². The van der Waals surface area contributed by atoms with Crippen LogP contribution in [0, 0.1) is 0 Å². The minimum Gasteiger partial charge on any atom is -0.378 e. The van der Waals surface area contributed by atoms with E-state index in [-0.39, 0.29) is 5.41 Å². The molecule has 2 aliphatic rings. The Hall–Kier alpha value is -0.580. The molecule has 0 bridgehead atoms. The van der Waals surface area contributed by atoms with E-state index in [9.17, 15) is 0 Å². The smallest absolute Gasteiger partial charge is 0.0642 e. The Bertz CT molecular complexity index is 448. The number of anilines is 1. The molecule has 1 aliphatic carbocycles. The highest BCUT2D eigenvalue weighted by Crippen LogP contribution is 2.47. The largest absolute Gasteiger partial charge is 0.378 e. The first kappa shape index (κ1) is 13.4. The summed E-state index contributed by atoms with van der Waals surface area (Å²) >= 11 is 3.61. The van der Waals surface area contributed by atoms with Crippen LogP contribution in [0.5, 0.6) is 0 Å². The van der Waals surface area contributed by atoms with E-state index >= 15 is 0 Å². The molecule has 0 aromatic heterocycles. The molecule has 1 heterocycles. The van der Waals surface area contributed by atoms with Gasteiger partial charge in [-0.25, -0.2) is 0 Å². The van der Waals surface area contributed by atoms with Crippen LogP contribution in [-0.2, 0) is 10.2 Å². The molecule has 1 saturated heterocycles. The molecule has 1 aromatic rings. The SMILES string of the molecule is NCC1(c2cc(Br)ccc2N2CCOCC2)CCC1. The Balaban J connectivity index is 1.98. The summed E-state index contributed by atoms with van der Waals surface area (Å²) in [5.74, 6) is 0. The zero-order valence-electron chi connectivity index (χ0n) is 11.2. The number of benzene rings is 1. The lowest BCUT2D eigenvalue weighted by atomic mass is 9.64. The lowest BCUT2D eigenvalue weighted by Gasteiger charge is -2.44. The number of nitrogens with two attached hydrogens (primary N) is 1. The minimum atomic E-state index is 0.206. The molecule has 2 N–H and O–H groups in total. The molecular weight excluding hydrogens is 304 g/mol. The van der Waals surface area contributed by atoms with Crippen LogP contribution >= 0.6 is 15.9 Å². The van der Waals surface area contributed by atoms with Gasteiger partial charge in [0.25, 0.3) is 0 Å². The first-order chi connectivity index (χ1) is 9.25. The normalized spacial score (nSPS) is 22.1. The number of ether oxygens (including phenoxy) is 1. The van der Waals surface area contributed by atoms with Crippen LogP contribution in [0.1, 0.15) is 24.8 Å². The number of morpholine rings is 1. The molecule has 2 fully saturated rings. The van der Waals surface area contributed by atoms with Crippen molar-refractivity contribution in [1.82, 2.24) is 0 Å². The second-order valence-corrected chi connectivity index (χ2v) is 6.51. The van der Waals surface area contributed by atoms with Crippen LogP contribution in [0.2, 0.25) is 0 Å². The van der Waals surface area contributed by atoms with Crippen molar-refractivity contribution in [2.45, 2.75) is 24.7 Å². The average molecular weight is 325 g/mol. The van der Waals surface area contributed by atoms with Crippen molar-refractivity contribution in [3.8, 4) is 0 Å². The first-order valence-corrected chi connectivity index (χ1v) is 7.87. The summed E-state index contributed by atoms with van der Waals surface area (Å²) < 4.78 is 6.61. The number of halogens is 1. The Morgan fingerprint density at radius 2 is 2.00 bits per heavy atom. The van der Waals surface area contributed by atoms with E-state index in [1.165, 1.54) is 30.5 Å². The molecule has 1 aromatic carbocycles. The molecule has 0 spiro atoms. The van der Waals surface area contributed by atoms with Gasteiger partial charge in [0.15, 0.2) is 0 Å². The number of hydrogen-bond acceptors (Lipinski definition) is 3. The number of hydrogen-bond donors (Lipinski definition) is 1. The third-order valence-electron chi connectivity index (χ3n) is 4.58. The summed E-state index contributed by atoms with van der Waals surface area (Å²) in [5.41, 5.74) is 9.08. The number of rotatable bonds is 3. The van der Waals surface area contributed by atoms with E-state index < -0.39 is 0 Å². The van der Waals surface area contributed by atoms with Crippen LogP contribution in [0.3, 0.4) is 0 Å². The second kappa shape index (κ2) is 5.43. The molecule has 0 amide bonds. The lowest BCUT2D eigenvalue weighted by molar-refractivity contribution is 0.122. The maximum absolute atomic E-state index is 6.09. The van der Waals surface area contributed by atoms with Gasteiger partial charge in [-0.2, -0.15) is 0 Å². The van der Waals surface area contributed by atoms with Gasteiger partial charge in [0.2, 0.25) is 0 Å². The van der Waals surface area contributed by atoms with Crippen LogP contribution < -0.4 is 10.6 Å². The molecular formula is C15H21BrN2O. The molecule has 0 atom stereocenters. The molecule has 1 aliphatic heterocycles. The maximum Gasteiger partial charge on any atom is 0.0642 e. The fourth-order valence-corrected chi connectivity index (χ4v) is 3.56. The predicted molar refractivity (Wildman–Crippen MR) is 81.8 cm³/mol. The van der Waals surface area contributed by atoms with E-state index in [0.29, 0.717) is 0 Å². The van der Waals surface area contributed by atoms with Gasteiger partial charge in [-0.15, -0.1) is 0 Å². The van der Waals surface area contributed by atoms with Gasteiger partial charge in [0.1, 0.15) is 0 Å². The number of nitrogens with zero attached hydrogens (tertiary/aromatic N) is 1. The van der Waals surface area contributed by atoms with E-state index in [0.717, 1.165) is 37.3 Å². The molecule has 3 nitrogen and oxygen atoms in total. The highest BCUT2D eigenvalue weighted by molar-refractivity contribution is 9.10. The quantitative estimate of drug-likeness (QED) is 0.929. The molecule has 4 heteroatoms. The Morgan fingerprint density at radius 3 is 2.58 bits per heavy atom. The topological polar surface area (TPSA) is 38.5 Å². The second-order valence-electron chi connectivity index (χ2n) is 5.60. The lowest BCUT2D eigenvalue weighted by Crippen LogP contribution is -2.44. The fourth-order valence-electron chi connectivity index (χ4n) is 3.20. The van der Waals surface area contributed by atoms with Crippen LogP contribution in [0.25, 0.3) is 0 Å². The Kier molecular flexibility index (Phi) is 3.83.